The maximum absolute atomic E-state index is 2.53. The molecule has 39 heavy (non-hydrogen) atoms. The summed E-state index contributed by atoms with van der Waals surface area (Å²) in [6, 6.07) is 38.5. The van der Waals surface area contributed by atoms with E-state index in [0.29, 0.717) is 5.92 Å². The third kappa shape index (κ3) is 2.89. The Morgan fingerprint density at radius 3 is 2.15 bits per heavy atom. The molecule has 0 saturated carbocycles. The lowest BCUT2D eigenvalue weighted by Gasteiger charge is -2.30. The molecule has 6 aromatic carbocycles. The molecule has 3 aliphatic rings. The normalized spacial score (nSPS) is 16.4. The van der Waals surface area contributed by atoms with Gasteiger partial charge in [0.05, 0.1) is 0 Å². The smallest absolute Gasteiger partial charge is 0.0308 e. The summed E-state index contributed by atoms with van der Waals surface area (Å²) in [5.41, 5.74) is 17.3. The van der Waals surface area contributed by atoms with Crippen LogP contribution in [-0.4, -0.2) is 0 Å². The Kier molecular flexibility index (Phi) is 4.30. The van der Waals surface area contributed by atoms with Crippen LogP contribution in [-0.2, 0) is 12.8 Å². The molecule has 0 bridgehead atoms. The molecule has 3 aliphatic carbocycles. The van der Waals surface area contributed by atoms with Gasteiger partial charge in [0, 0.05) is 12.3 Å². The van der Waals surface area contributed by atoms with E-state index < -0.39 is 0 Å². The van der Waals surface area contributed by atoms with Gasteiger partial charge in [-0.2, -0.15) is 0 Å². The topological polar surface area (TPSA) is 0 Å². The van der Waals surface area contributed by atoms with Crippen LogP contribution >= 0.6 is 0 Å². The van der Waals surface area contributed by atoms with Gasteiger partial charge in [-0.15, -0.1) is 0 Å². The summed E-state index contributed by atoms with van der Waals surface area (Å²) in [6.45, 7) is 2.34. The first-order valence-electron chi connectivity index (χ1n) is 14.1. The predicted octanol–water partition coefficient (Wildman–Crippen LogP) is 9.89. The molecular weight excluding hydrogens is 468 g/mol. The van der Waals surface area contributed by atoms with Crippen molar-refractivity contribution in [2.45, 2.75) is 25.7 Å². The van der Waals surface area contributed by atoms with E-state index >= 15 is 0 Å². The Balaban J connectivity index is 1.26. The standard InChI is InChI=1S/C39H27/c1-23-19-34-30(35-20-24-9-2-4-11-26(24)28-13-6-7-14-29(28)35)15-8-16-33(34)39(23)38-22-37-27-12-5-3-10-25(27)21-36(37)31-17-18-32(31)38/h2-16,19-22,39H,17-18H2,1H3. The van der Waals surface area contributed by atoms with Crippen molar-refractivity contribution in [1.82, 2.24) is 0 Å². The summed E-state index contributed by atoms with van der Waals surface area (Å²) in [4.78, 5) is 0. The van der Waals surface area contributed by atoms with E-state index in [0.717, 1.165) is 0 Å². The van der Waals surface area contributed by atoms with Crippen molar-refractivity contribution in [2.75, 3.05) is 0 Å². The maximum atomic E-state index is 2.53. The van der Waals surface area contributed by atoms with Gasteiger partial charge in [-0.25, -0.2) is 0 Å². The molecular formula is C39H27. The SMILES string of the molecule is CC1=Cc2c(-c3cc4ccccc4c4ccccc34)cccc2C1c1cc2c(c3c1CC3)[CH]c1ccccc1-2. The molecule has 0 N–H and O–H groups in total. The van der Waals surface area contributed by atoms with Crippen molar-refractivity contribution in [1.29, 1.82) is 0 Å². The van der Waals surface area contributed by atoms with Crippen LogP contribution in [0.1, 0.15) is 51.8 Å². The molecule has 0 nitrogen and oxygen atoms in total. The van der Waals surface area contributed by atoms with E-state index in [4.69, 9.17) is 0 Å². The zero-order valence-corrected chi connectivity index (χ0v) is 22.0. The minimum absolute atomic E-state index is 0.318. The fourth-order valence-electron chi connectivity index (χ4n) is 7.62. The lowest BCUT2D eigenvalue weighted by atomic mass is 9.74. The Morgan fingerprint density at radius 1 is 0.538 bits per heavy atom. The van der Waals surface area contributed by atoms with E-state index in [9.17, 15) is 0 Å². The minimum Gasteiger partial charge on any atom is -0.0619 e. The molecule has 183 valence electrons. The molecule has 6 aromatic rings. The highest BCUT2D eigenvalue weighted by molar-refractivity contribution is 6.14. The summed E-state index contributed by atoms with van der Waals surface area (Å²) >= 11 is 0. The van der Waals surface area contributed by atoms with E-state index in [2.05, 4.69) is 123 Å². The van der Waals surface area contributed by atoms with E-state index in [1.807, 2.05) is 0 Å². The molecule has 0 spiro atoms. The van der Waals surface area contributed by atoms with Crippen LogP contribution in [0, 0.1) is 6.42 Å². The van der Waals surface area contributed by atoms with Crippen molar-refractivity contribution in [2.24, 2.45) is 0 Å². The van der Waals surface area contributed by atoms with Gasteiger partial charge in [-0.05, 0) is 115 Å². The molecule has 1 radical (unpaired) electrons. The van der Waals surface area contributed by atoms with Gasteiger partial charge in [0.1, 0.15) is 0 Å². The second-order valence-electron chi connectivity index (χ2n) is 11.4. The lowest BCUT2D eigenvalue weighted by Crippen LogP contribution is -2.17. The summed E-state index contributed by atoms with van der Waals surface area (Å²) in [5, 5.41) is 5.28. The van der Waals surface area contributed by atoms with Crippen molar-refractivity contribution in [3.63, 3.8) is 0 Å². The van der Waals surface area contributed by atoms with Crippen LogP contribution in [0.3, 0.4) is 0 Å². The molecule has 0 saturated heterocycles. The molecule has 0 heteroatoms. The summed E-state index contributed by atoms with van der Waals surface area (Å²) in [7, 11) is 0. The quantitative estimate of drug-likeness (QED) is 0.209. The Morgan fingerprint density at radius 2 is 1.28 bits per heavy atom. The minimum atomic E-state index is 0.318. The lowest BCUT2D eigenvalue weighted by molar-refractivity contribution is 0.794. The Hall–Kier alpha value is -4.42. The van der Waals surface area contributed by atoms with Gasteiger partial charge in [0.2, 0.25) is 0 Å². The maximum Gasteiger partial charge on any atom is 0.0308 e. The van der Waals surface area contributed by atoms with E-state index in [1.54, 1.807) is 11.1 Å². The molecule has 0 amide bonds. The van der Waals surface area contributed by atoms with E-state index in [-0.39, 0.29) is 0 Å². The van der Waals surface area contributed by atoms with Crippen molar-refractivity contribution >= 4 is 27.6 Å². The second-order valence-corrected chi connectivity index (χ2v) is 11.4. The largest absolute Gasteiger partial charge is 0.0619 e. The Labute approximate surface area is 229 Å². The van der Waals surface area contributed by atoms with Gasteiger partial charge < -0.3 is 0 Å². The number of benzene rings is 6. The molecule has 0 heterocycles. The highest BCUT2D eigenvalue weighted by atomic mass is 14.4. The fourth-order valence-corrected chi connectivity index (χ4v) is 7.62. The third-order valence-electron chi connectivity index (χ3n) is 9.45. The molecule has 9 rings (SSSR count). The number of allylic oxidation sites excluding steroid dienone is 1. The monoisotopic (exact) mass is 495 g/mol. The molecule has 0 aliphatic heterocycles. The fraction of sp³-hybridized carbons (Fsp3) is 0.103. The highest BCUT2D eigenvalue weighted by Gasteiger charge is 2.35. The first-order valence-corrected chi connectivity index (χ1v) is 14.1. The third-order valence-corrected chi connectivity index (χ3v) is 9.45. The highest BCUT2D eigenvalue weighted by Crippen LogP contribution is 2.52. The van der Waals surface area contributed by atoms with Crippen LogP contribution in [0.15, 0.2) is 109 Å². The van der Waals surface area contributed by atoms with Crippen molar-refractivity contribution in [3.05, 3.63) is 154 Å². The average Bonchev–Trinajstić information content (AvgIpc) is 3.48. The summed E-state index contributed by atoms with van der Waals surface area (Å²) in [6.07, 6.45) is 7.27. The first kappa shape index (κ1) is 21.5. The van der Waals surface area contributed by atoms with Crippen LogP contribution in [0.4, 0.5) is 0 Å². The second kappa shape index (κ2) is 7.80. The van der Waals surface area contributed by atoms with Gasteiger partial charge in [-0.3, -0.25) is 0 Å². The van der Waals surface area contributed by atoms with Gasteiger partial charge in [0.25, 0.3) is 0 Å². The van der Waals surface area contributed by atoms with Crippen LogP contribution in [0.25, 0.3) is 49.9 Å². The first-order chi connectivity index (χ1) is 19.3. The van der Waals surface area contributed by atoms with Gasteiger partial charge in [-0.1, -0.05) is 103 Å². The molecule has 0 fully saturated rings. The Bertz CT molecular complexity index is 2050. The van der Waals surface area contributed by atoms with Crippen LogP contribution in [0.5, 0.6) is 0 Å². The number of fused-ring (bicyclic) bond motifs is 9. The van der Waals surface area contributed by atoms with Crippen molar-refractivity contribution in [3.8, 4) is 22.3 Å². The number of rotatable bonds is 2. The zero-order valence-electron chi connectivity index (χ0n) is 22.0. The van der Waals surface area contributed by atoms with E-state index in [1.165, 1.54) is 90.0 Å². The average molecular weight is 496 g/mol. The molecule has 1 atom stereocenters. The molecule has 1 unspecified atom stereocenters. The summed E-state index contributed by atoms with van der Waals surface area (Å²) in [5.74, 6) is 0.318. The molecule has 0 aromatic heterocycles. The van der Waals surface area contributed by atoms with Crippen molar-refractivity contribution < 1.29 is 0 Å². The predicted molar refractivity (Wildman–Crippen MR) is 164 cm³/mol. The summed E-state index contributed by atoms with van der Waals surface area (Å²) < 4.78 is 0. The van der Waals surface area contributed by atoms with Crippen LogP contribution < -0.4 is 0 Å². The van der Waals surface area contributed by atoms with Crippen LogP contribution in [0.2, 0.25) is 0 Å². The van der Waals surface area contributed by atoms with Gasteiger partial charge in [0.15, 0.2) is 0 Å². The zero-order chi connectivity index (χ0) is 25.7. The van der Waals surface area contributed by atoms with Gasteiger partial charge >= 0.3 is 0 Å². The number of hydrogen-bond acceptors (Lipinski definition) is 0. The number of hydrogen-bond donors (Lipinski definition) is 0.